The number of hydrogen-bond donors (Lipinski definition) is 2. The monoisotopic (exact) mass is 261 g/mol. The third kappa shape index (κ3) is 3.54. The summed E-state index contributed by atoms with van der Waals surface area (Å²) in [4.78, 5) is 25.3. The molecule has 5 heteroatoms. The van der Waals surface area contributed by atoms with E-state index in [9.17, 15) is 9.59 Å². The maximum atomic E-state index is 12.1. The molecule has 1 fully saturated rings. The highest BCUT2D eigenvalue weighted by Crippen LogP contribution is 2.11. The topological polar surface area (TPSA) is 61.4 Å². The Morgan fingerprint density at radius 1 is 1.47 bits per heavy atom. The average molecular weight is 261 g/mol. The van der Waals surface area contributed by atoms with Gasteiger partial charge in [-0.05, 0) is 31.5 Å². The molecule has 0 bridgehead atoms. The van der Waals surface area contributed by atoms with Gasteiger partial charge in [-0.1, -0.05) is 12.1 Å². The van der Waals surface area contributed by atoms with Crippen LogP contribution in [-0.2, 0) is 9.59 Å². The van der Waals surface area contributed by atoms with Gasteiger partial charge in [0.2, 0.25) is 11.8 Å². The van der Waals surface area contributed by atoms with Gasteiger partial charge >= 0.3 is 0 Å². The average Bonchev–Trinajstić information content (AvgIpc) is 2.38. The van der Waals surface area contributed by atoms with E-state index >= 15 is 0 Å². The third-order valence-electron chi connectivity index (χ3n) is 3.28. The molecular formula is C14H19N3O2. The molecule has 2 amide bonds. The van der Waals surface area contributed by atoms with Gasteiger partial charge in [0.25, 0.3) is 0 Å². The lowest BCUT2D eigenvalue weighted by atomic mass is 10.2. The molecule has 1 saturated heterocycles. The van der Waals surface area contributed by atoms with Crippen molar-refractivity contribution in [2.75, 3.05) is 25.0 Å². The van der Waals surface area contributed by atoms with Crippen molar-refractivity contribution in [3.05, 3.63) is 29.8 Å². The minimum Gasteiger partial charge on any atom is -0.354 e. The molecule has 0 aliphatic carbocycles. The minimum atomic E-state index is -0.313. The highest BCUT2D eigenvalue weighted by Gasteiger charge is 2.25. The van der Waals surface area contributed by atoms with Crippen LogP contribution in [0.4, 0.5) is 5.69 Å². The molecule has 19 heavy (non-hydrogen) atoms. The molecule has 1 unspecified atom stereocenters. The first-order valence-corrected chi connectivity index (χ1v) is 6.44. The van der Waals surface area contributed by atoms with Gasteiger partial charge in [-0.15, -0.1) is 0 Å². The molecular weight excluding hydrogens is 242 g/mol. The summed E-state index contributed by atoms with van der Waals surface area (Å²) in [6.07, 6.45) is 0. The summed E-state index contributed by atoms with van der Waals surface area (Å²) in [5.74, 6) is -0.109. The number of anilines is 1. The standard InChI is InChI=1S/C14H19N3O2/c1-10-4-3-5-12(8-10)16-14(19)11(2)17-7-6-15-13(18)9-17/h3-5,8,11H,6-7,9H2,1-2H3,(H,15,18)(H,16,19). The molecule has 0 saturated carbocycles. The van der Waals surface area contributed by atoms with Gasteiger partial charge < -0.3 is 10.6 Å². The molecule has 1 atom stereocenters. The van der Waals surface area contributed by atoms with Crippen LogP contribution in [0.25, 0.3) is 0 Å². The molecule has 0 spiro atoms. The smallest absolute Gasteiger partial charge is 0.241 e. The summed E-state index contributed by atoms with van der Waals surface area (Å²) in [5, 5.41) is 5.63. The zero-order chi connectivity index (χ0) is 13.8. The number of carbonyl (C=O) groups is 2. The predicted octanol–water partition coefficient (Wildman–Crippen LogP) is 0.754. The van der Waals surface area contributed by atoms with Crippen LogP contribution in [0.5, 0.6) is 0 Å². The molecule has 5 nitrogen and oxygen atoms in total. The Bertz CT molecular complexity index is 487. The summed E-state index contributed by atoms with van der Waals surface area (Å²) in [5.41, 5.74) is 1.89. The van der Waals surface area contributed by atoms with Crippen molar-refractivity contribution in [2.45, 2.75) is 19.9 Å². The second-order valence-corrected chi connectivity index (χ2v) is 4.86. The number of benzene rings is 1. The zero-order valence-corrected chi connectivity index (χ0v) is 11.3. The van der Waals surface area contributed by atoms with E-state index in [1.165, 1.54) is 0 Å². The van der Waals surface area contributed by atoms with Crippen LogP contribution >= 0.6 is 0 Å². The van der Waals surface area contributed by atoms with Crippen molar-refractivity contribution in [3.8, 4) is 0 Å². The van der Waals surface area contributed by atoms with Crippen LogP contribution in [0.3, 0.4) is 0 Å². The summed E-state index contributed by atoms with van der Waals surface area (Å²) >= 11 is 0. The maximum absolute atomic E-state index is 12.1. The lowest BCUT2D eigenvalue weighted by molar-refractivity contribution is -0.127. The fourth-order valence-electron chi connectivity index (χ4n) is 2.12. The first-order valence-electron chi connectivity index (χ1n) is 6.44. The van der Waals surface area contributed by atoms with E-state index in [2.05, 4.69) is 10.6 Å². The first-order chi connectivity index (χ1) is 9.06. The van der Waals surface area contributed by atoms with Crippen LogP contribution < -0.4 is 10.6 Å². The van der Waals surface area contributed by atoms with E-state index in [0.717, 1.165) is 11.3 Å². The number of nitrogens with one attached hydrogen (secondary N) is 2. The van der Waals surface area contributed by atoms with Crippen LogP contribution in [0.1, 0.15) is 12.5 Å². The lowest BCUT2D eigenvalue weighted by Gasteiger charge is -2.31. The second-order valence-electron chi connectivity index (χ2n) is 4.86. The van der Waals surface area contributed by atoms with Crippen LogP contribution in [0, 0.1) is 6.92 Å². The number of amides is 2. The van der Waals surface area contributed by atoms with Crippen molar-refractivity contribution >= 4 is 17.5 Å². The van der Waals surface area contributed by atoms with Crippen molar-refractivity contribution in [3.63, 3.8) is 0 Å². The van der Waals surface area contributed by atoms with Crippen LogP contribution in [-0.4, -0.2) is 42.4 Å². The Labute approximate surface area is 113 Å². The molecule has 2 N–H and O–H groups in total. The summed E-state index contributed by atoms with van der Waals surface area (Å²) in [7, 11) is 0. The molecule has 102 valence electrons. The van der Waals surface area contributed by atoms with Gasteiger partial charge in [0, 0.05) is 18.8 Å². The van der Waals surface area contributed by atoms with E-state index in [1.54, 1.807) is 0 Å². The van der Waals surface area contributed by atoms with Crippen molar-refractivity contribution < 1.29 is 9.59 Å². The zero-order valence-electron chi connectivity index (χ0n) is 11.3. The summed E-state index contributed by atoms with van der Waals surface area (Å²) in [6.45, 7) is 5.38. The molecule has 1 aromatic rings. The Morgan fingerprint density at radius 3 is 2.95 bits per heavy atom. The molecule has 0 aromatic heterocycles. The van der Waals surface area contributed by atoms with Gasteiger partial charge in [0.15, 0.2) is 0 Å². The maximum Gasteiger partial charge on any atom is 0.241 e. The highest BCUT2D eigenvalue weighted by molar-refractivity contribution is 5.95. The van der Waals surface area contributed by atoms with Crippen molar-refractivity contribution in [1.29, 1.82) is 0 Å². The number of hydrogen-bond acceptors (Lipinski definition) is 3. The Hall–Kier alpha value is -1.88. The molecule has 0 radical (unpaired) electrons. The summed E-state index contributed by atoms with van der Waals surface area (Å²) in [6, 6.07) is 7.36. The highest BCUT2D eigenvalue weighted by atomic mass is 16.2. The van der Waals surface area contributed by atoms with Gasteiger partial charge in [0.1, 0.15) is 0 Å². The van der Waals surface area contributed by atoms with Gasteiger partial charge in [0.05, 0.1) is 12.6 Å². The largest absolute Gasteiger partial charge is 0.354 e. The minimum absolute atomic E-state index is 0.0264. The van der Waals surface area contributed by atoms with Crippen molar-refractivity contribution in [1.82, 2.24) is 10.2 Å². The molecule has 1 aliphatic heterocycles. The molecule has 1 heterocycles. The van der Waals surface area contributed by atoms with Crippen LogP contribution in [0.2, 0.25) is 0 Å². The quantitative estimate of drug-likeness (QED) is 0.844. The number of rotatable bonds is 3. The van der Waals surface area contributed by atoms with Gasteiger partial charge in [-0.3, -0.25) is 14.5 Å². The molecule has 2 rings (SSSR count). The van der Waals surface area contributed by atoms with Gasteiger partial charge in [-0.25, -0.2) is 0 Å². The first kappa shape index (κ1) is 13.5. The SMILES string of the molecule is Cc1cccc(NC(=O)C(C)N2CCNC(=O)C2)c1. The molecule has 1 aromatic carbocycles. The predicted molar refractivity (Wildman–Crippen MR) is 73.9 cm³/mol. The fourth-order valence-corrected chi connectivity index (χ4v) is 2.12. The van der Waals surface area contributed by atoms with E-state index < -0.39 is 0 Å². The number of piperazine rings is 1. The Balaban J connectivity index is 1.97. The molecule has 1 aliphatic rings. The number of aryl methyl sites for hydroxylation is 1. The van der Waals surface area contributed by atoms with Crippen LogP contribution in [0.15, 0.2) is 24.3 Å². The fraction of sp³-hybridized carbons (Fsp3) is 0.429. The number of nitrogens with zero attached hydrogens (tertiary/aromatic N) is 1. The Kier molecular flexibility index (Phi) is 4.16. The Morgan fingerprint density at radius 2 is 2.26 bits per heavy atom. The van der Waals surface area contributed by atoms with E-state index in [1.807, 2.05) is 43.0 Å². The van der Waals surface area contributed by atoms with E-state index in [-0.39, 0.29) is 24.4 Å². The summed E-state index contributed by atoms with van der Waals surface area (Å²) < 4.78 is 0. The normalized spacial score (nSPS) is 17.7. The number of carbonyl (C=O) groups excluding carboxylic acids is 2. The second kappa shape index (κ2) is 5.84. The van der Waals surface area contributed by atoms with E-state index in [0.29, 0.717) is 13.1 Å². The van der Waals surface area contributed by atoms with Gasteiger partial charge in [-0.2, -0.15) is 0 Å². The lowest BCUT2D eigenvalue weighted by Crippen LogP contribution is -2.53. The van der Waals surface area contributed by atoms with Crippen molar-refractivity contribution in [2.24, 2.45) is 0 Å². The third-order valence-corrected chi connectivity index (χ3v) is 3.28. The van der Waals surface area contributed by atoms with E-state index in [4.69, 9.17) is 0 Å².